The lowest BCUT2D eigenvalue weighted by molar-refractivity contribution is -0.155. The highest BCUT2D eigenvalue weighted by Crippen LogP contribution is 2.48. The topological polar surface area (TPSA) is 132 Å². The molecule has 3 N–H and O–H groups in total. The number of fused-ring (bicyclic) bond motifs is 2. The first-order chi connectivity index (χ1) is 9.81. The quantitative estimate of drug-likeness (QED) is 0.563. The lowest BCUT2D eigenvalue weighted by Gasteiger charge is -2.29. The van der Waals surface area contributed by atoms with E-state index in [2.05, 4.69) is 0 Å². The van der Waals surface area contributed by atoms with Gasteiger partial charge in [-0.25, -0.2) is 0 Å². The molecule has 0 radical (unpaired) electrons. The molecular weight excluding hydrogens is 282 g/mol. The van der Waals surface area contributed by atoms with Gasteiger partial charge in [-0.1, -0.05) is 12.2 Å². The number of nitrogens with zero attached hydrogens (tertiary/aromatic N) is 1. The summed E-state index contributed by atoms with van der Waals surface area (Å²) in [6.45, 7) is -1.51. The number of hydrogen-bond donors (Lipinski definition) is 3. The van der Waals surface area contributed by atoms with Crippen LogP contribution in [0, 0.1) is 23.7 Å². The Balaban J connectivity index is 2.22. The second-order valence-corrected chi connectivity index (χ2v) is 5.32. The summed E-state index contributed by atoms with van der Waals surface area (Å²) in [5.74, 6) is -6.84. The molecule has 4 atom stereocenters. The molecule has 1 saturated carbocycles. The molecule has 0 aliphatic heterocycles. The summed E-state index contributed by atoms with van der Waals surface area (Å²) in [5.41, 5.74) is 0. The Morgan fingerprint density at radius 1 is 0.905 bits per heavy atom. The average molecular weight is 297 g/mol. The predicted molar refractivity (Wildman–Crippen MR) is 67.2 cm³/mol. The van der Waals surface area contributed by atoms with Crippen molar-refractivity contribution in [2.45, 2.75) is 6.42 Å². The van der Waals surface area contributed by atoms with Crippen molar-refractivity contribution in [3.05, 3.63) is 12.2 Å². The molecule has 2 aliphatic carbocycles. The Kier molecular flexibility index (Phi) is 3.97. The van der Waals surface area contributed by atoms with Gasteiger partial charge in [0, 0.05) is 0 Å². The standard InChI is InChI=1S/C13H15NO7/c15-8(16)4-14(5-9(17)18)12(19)10-6-1-2-7(3-6)11(10)13(20)21/h1-2,6-7,10-11H,3-5H2,(H,15,16)(H,17,18)(H,20,21)/t6-,7-,10-,11+/m0/s1. The van der Waals surface area contributed by atoms with Crippen molar-refractivity contribution in [1.29, 1.82) is 0 Å². The van der Waals surface area contributed by atoms with E-state index in [0.29, 0.717) is 11.3 Å². The first-order valence-corrected chi connectivity index (χ1v) is 6.44. The Bertz CT molecular complexity index is 511. The number of amides is 1. The molecule has 1 fully saturated rings. The van der Waals surface area contributed by atoms with Gasteiger partial charge in [-0.05, 0) is 18.3 Å². The second-order valence-electron chi connectivity index (χ2n) is 5.32. The summed E-state index contributed by atoms with van der Waals surface area (Å²) in [6.07, 6.45) is 4.04. The van der Waals surface area contributed by atoms with Crippen LogP contribution in [0.1, 0.15) is 6.42 Å². The average Bonchev–Trinajstić information content (AvgIpc) is 2.95. The molecule has 1 amide bonds. The third kappa shape index (κ3) is 2.88. The van der Waals surface area contributed by atoms with Gasteiger partial charge in [-0.2, -0.15) is 0 Å². The van der Waals surface area contributed by atoms with Crippen LogP contribution in [0.5, 0.6) is 0 Å². The van der Waals surface area contributed by atoms with Crippen LogP contribution in [0.25, 0.3) is 0 Å². The molecule has 114 valence electrons. The largest absolute Gasteiger partial charge is 0.481 e. The van der Waals surface area contributed by atoms with Crippen molar-refractivity contribution in [2.75, 3.05) is 13.1 Å². The van der Waals surface area contributed by atoms with E-state index >= 15 is 0 Å². The Hall–Kier alpha value is -2.38. The van der Waals surface area contributed by atoms with E-state index in [-0.39, 0.29) is 11.8 Å². The van der Waals surface area contributed by atoms with Gasteiger partial charge in [0.2, 0.25) is 5.91 Å². The van der Waals surface area contributed by atoms with Crippen molar-refractivity contribution < 1.29 is 34.5 Å². The normalized spacial score (nSPS) is 29.3. The lowest BCUT2D eigenvalue weighted by Crippen LogP contribution is -2.46. The molecular formula is C13H15NO7. The second kappa shape index (κ2) is 5.55. The van der Waals surface area contributed by atoms with Gasteiger partial charge >= 0.3 is 17.9 Å². The van der Waals surface area contributed by atoms with Gasteiger partial charge in [0.05, 0.1) is 11.8 Å². The van der Waals surface area contributed by atoms with Crippen molar-refractivity contribution >= 4 is 23.8 Å². The number of allylic oxidation sites excluding steroid dienone is 2. The molecule has 2 aliphatic rings. The van der Waals surface area contributed by atoms with E-state index in [4.69, 9.17) is 10.2 Å². The number of carboxylic acid groups (broad SMARTS) is 3. The fourth-order valence-corrected chi connectivity index (χ4v) is 3.24. The number of aliphatic carboxylic acids is 3. The van der Waals surface area contributed by atoms with Crippen LogP contribution >= 0.6 is 0 Å². The van der Waals surface area contributed by atoms with Crippen LogP contribution in [0.15, 0.2) is 12.2 Å². The molecule has 0 saturated heterocycles. The Morgan fingerprint density at radius 2 is 1.38 bits per heavy atom. The molecule has 0 spiro atoms. The summed E-state index contributed by atoms with van der Waals surface area (Å²) in [5, 5.41) is 26.8. The minimum Gasteiger partial charge on any atom is -0.481 e. The predicted octanol–water partition coefficient (Wildman–Crippen LogP) is -0.493. The number of rotatable bonds is 6. The zero-order chi connectivity index (χ0) is 15.7. The Labute approximate surface area is 119 Å². The fraction of sp³-hybridized carbons (Fsp3) is 0.538. The third-order valence-corrected chi connectivity index (χ3v) is 3.99. The number of carbonyl (C=O) groups excluding carboxylic acids is 1. The number of carbonyl (C=O) groups is 4. The van der Waals surface area contributed by atoms with E-state index in [1.54, 1.807) is 12.2 Å². The minimum atomic E-state index is -1.34. The number of carboxylic acids is 3. The van der Waals surface area contributed by atoms with E-state index < -0.39 is 48.7 Å². The molecule has 0 unspecified atom stereocenters. The van der Waals surface area contributed by atoms with Gasteiger partial charge in [0.25, 0.3) is 0 Å². The van der Waals surface area contributed by atoms with E-state index in [1.165, 1.54) is 0 Å². The van der Waals surface area contributed by atoms with Crippen molar-refractivity contribution in [1.82, 2.24) is 4.90 Å². The van der Waals surface area contributed by atoms with Crippen molar-refractivity contribution in [2.24, 2.45) is 23.7 Å². The van der Waals surface area contributed by atoms with Gasteiger partial charge in [0.15, 0.2) is 0 Å². The molecule has 2 bridgehead atoms. The zero-order valence-corrected chi connectivity index (χ0v) is 11.0. The number of hydrogen-bond acceptors (Lipinski definition) is 4. The van der Waals surface area contributed by atoms with Gasteiger partial charge in [-0.15, -0.1) is 0 Å². The van der Waals surface area contributed by atoms with Crippen LogP contribution in [0.2, 0.25) is 0 Å². The molecule has 2 rings (SSSR count). The third-order valence-electron chi connectivity index (χ3n) is 3.99. The molecule has 21 heavy (non-hydrogen) atoms. The molecule has 8 heteroatoms. The molecule has 0 heterocycles. The van der Waals surface area contributed by atoms with E-state index in [1.807, 2.05) is 0 Å². The smallest absolute Gasteiger partial charge is 0.323 e. The van der Waals surface area contributed by atoms with Crippen LogP contribution in [-0.4, -0.2) is 57.1 Å². The summed E-state index contributed by atoms with van der Waals surface area (Å²) >= 11 is 0. The fourth-order valence-electron chi connectivity index (χ4n) is 3.24. The van der Waals surface area contributed by atoms with Crippen LogP contribution in [-0.2, 0) is 19.2 Å². The summed E-state index contributed by atoms with van der Waals surface area (Å²) < 4.78 is 0. The summed E-state index contributed by atoms with van der Waals surface area (Å²) in [7, 11) is 0. The van der Waals surface area contributed by atoms with Crippen molar-refractivity contribution in [3.8, 4) is 0 Å². The van der Waals surface area contributed by atoms with Crippen LogP contribution in [0.3, 0.4) is 0 Å². The maximum atomic E-state index is 12.4. The van der Waals surface area contributed by atoms with E-state index in [0.717, 1.165) is 0 Å². The van der Waals surface area contributed by atoms with E-state index in [9.17, 15) is 24.3 Å². The molecule has 0 aromatic heterocycles. The highest BCUT2D eigenvalue weighted by Gasteiger charge is 2.52. The first-order valence-electron chi connectivity index (χ1n) is 6.44. The van der Waals surface area contributed by atoms with Crippen LogP contribution < -0.4 is 0 Å². The molecule has 0 aromatic rings. The molecule has 0 aromatic carbocycles. The van der Waals surface area contributed by atoms with Gasteiger partial charge in [0.1, 0.15) is 13.1 Å². The summed E-state index contributed by atoms with van der Waals surface area (Å²) in [6, 6.07) is 0. The SMILES string of the molecule is O=C(O)CN(CC(=O)O)C(=O)[C@@H]1[C@H](C(=O)O)[C@H]2C=C[C@H]1C2. The minimum absolute atomic E-state index is 0.252. The maximum absolute atomic E-state index is 12.4. The van der Waals surface area contributed by atoms with Crippen molar-refractivity contribution in [3.63, 3.8) is 0 Å². The monoisotopic (exact) mass is 297 g/mol. The highest BCUT2D eigenvalue weighted by molar-refractivity contribution is 5.90. The zero-order valence-electron chi connectivity index (χ0n) is 11.0. The van der Waals surface area contributed by atoms with Gasteiger partial charge in [-0.3, -0.25) is 19.2 Å². The molecule has 8 nitrogen and oxygen atoms in total. The van der Waals surface area contributed by atoms with Gasteiger partial charge < -0.3 is 20.2 Å². The lowest BCUT2D eigenvalue weighted by atomic mass is 9.82. The summed E-state index contributed by atoms with van der Waals surface area (Å²) in [4.78, 5) is 46.0. The first kappa shape index (κ1) is 15.0. The maximum Gasteiger partial charge on any atom is 0.323 e. The highest BCUT2D eigenvalue weighted by atomic mass is 16.4. The Morgan fingerprint density at radius 3 is 1.81 bits per heavy atom. The van der Waals surface area contributed by atoms with Crippen LogP contribution in [0.4, 0.5) is 0 Å².